The van der Waals surface area contributed by atoms with Gasteiger partial charge in [-0.1, -0.05) is 39.7 Å². The Hall–Kier alpha value is -1.13. The van der Waals surface area contributed by atoms with Crippen molar-refractivity contribution < 1.29 is 4.79 Å². The zero-order chi connectivity index (χ0) is 11.5. The summed E-state index contributed by atoms with van der Waals surface area (Å²) in [4.78, 5) is 10.6. The number of halogens is 2. The van der Waals surface area contributed by atoms with Gasteiger partial charge in [0.15, 0.2) is 6.29 Å². The quantitative estimate of drug-likeness (QED) is 0.884. The number of carbonyl (C=O) groups is 1. The molecule has 5 heteroatoms. The molecule has 0 bridgehead atoms. The van der Waals surface area contributed by atoms with E-state index in [9.17, 15) is 4.79 Å². The summed E-state index contributed by atoms with van der Waals surface area (Å²) in [5, 5.41) is 6.98. The Morgan fingerprint density at radius 2 is 2.31 bits per heavy atom. The fraction of sp³-hybridized carbons (Fsp3) is 0.0909. The van der Waals surface area contributed by atoms with E-state index in [1.165, 1.54) is 0 Å². The Labute approximate surface area is 106 Å². The van der Waals surface area contributed by atoms with Crippen molar-refractivity contribution in [1.29, 1.82) is 0 Å². The standard InChI is InChI=1S/C11H8BrClN2O/c12-8-3-1-2-7(4-8)5-9-11(13)10(6-16)15-14-9/h1-4,6H,5H2,(H,14,15). The first kappa shape index (κ1) is 11.4. The van der Waals surface area contributed by atoms with E-state index in [0.717, 1.165) is 15.7 Å². The molecule has 0 spiro atoms. The molecule has 1 N–H and O–H groups in total. The summed E-state index contributed by atoms with van der Waals surface area (Å²) < 4.78 is 1.01. The number of rotatable bonds is 3. The molecule has 1 aromatic carbocycles. The molecule has 0 radical (unpaired) electrons. The number of hydrogen-bond donors (Lipinski definition) is 1. The van der Waals surface area contributed by atoms with Crippen LogP contribution in [-0.4, -0.2) is 16.5 Å². The summed E-state index contributed by atoms with van der Waals surface area (Å²) in [6.45, 7) is 0. The first-order chi connectivity index (χ1) is 7.70. The highest BCUT2D eigenvalue weighted by atomic mass is 79.9. The Balaban J connectivity index is 2.27. The van der Waals surface area contributed by atoms with Crippen molar-refractivity contribution in [3.05, 3.63) is 50.7 Å². The first-order valence-corrected chi connectivity index (χ1v) is 5.80. The third kappa shape index (κ3) is 2.33. The van der Waals surface area contributed by atoms with Crippen LogP contribution in [0.2, 0.25) is 5.02 Å². The molecule has 0 fully saturated rings. The number of aromatic nitrogens is 2. The van der Waals surface area contributed by atoms with Crippen LogP contribution in [0, 0.1) is 0 Å². The molecule has 3 nitrogen and oxygen atoms in total. The minimum atomic E-state index is 0.256. The molecule has 0 saturated heterocycles. The smallest absolute Gasteiger partial charge is 0.171 e. The monoisotopic (exact) mass is 298 g/mol. The van der Waals surface area contributed by atoms with Gasteiger partial charge in [-0.15, -0.1) is 0 Å². The van der Waals surface area contributed by atoms with Crippen LogP contribution in [0.15, 0.2) is 28.7 Å². The van der Waals surface area contributed by atoms with E-state index in [0.29, 0.717) is 17.7 Å². The maximum atomic E-state index is 10.6. The molecule has 2 rings (SSSR count). The van der Waals surface area contributed by atoms with E-state index >= 15 is 0 Å². The second kappa shape index (κ2) is 4.80. The van der Waals surface area contributed by atoms with Crippen LogP contribution in [0.1, 0.15) is 21.7 Å². The largest absolute Gasteiger partial charge is 0.296 e. The van der Waals surface area contributed by atoms with Gasteiger partial charge < -0.3 is 0 Å². The summed E-state index contributed by atoms with van der Waals surface area (Å²) in [6.07, 6.45) is 1.27. The molecular formula is C11H8BrClN2O. The lowest BCUT2D eigenvalue weighted by Gasteiger charge is -2.00. The molecular weight excluding hydrogens is 291 g/mol. The number of nitrogens with one attached hydrogen (secondary N) is 1. The zero-order valence-corrected chi connectivity index (χ0v) is 10.5. The molecule has 82 valence electrons. The SMILES string of the molecule is O=Cc1n[nH]c(Cc2cccc(Br)c2)c1Cl. The van der Waals surface area contributed by atoms with E-state index in [-0.39, 0.29) is 5.69 Å². The van der Waals surface area contributed by atoms with Gasteiger partial charge in [-0.3, -0.25) is 9.89 Å². The number of carbonyl (C=O) groups excluding carboxylic acids is 1. The molecule has 0 unspecified atom stereocenters. The number of hydrogen-bond acceptors (Lipinski definition) is 2. The predicted molar refractivity (Wildman–Crippen MR) is 65.9 cm³/mol. The van der Waals surface area contributed by atoms with E-state index in [2.05, 4.69) is 26.1 Å². The molecule has 16 heavy (non-hydrogen) atoms. The number of aldehydes is 1. The van der Waals surface area contributed by atoms with Crippen molar-refractivity contribution in [3.8, 4) is 0 Å². The van der Waals surface area contributed by atoms with Gasteiger partial charge in [0, 0.05) is 10.9 Å². The summed E-state index contributed by atoms with van der Waals surface area (Å²) in [6, 6.07) is 7.89. The van der Waals surface area contributed by atoms with E-state index in [1.54, 1.807) is 0 Å². The van der Waals surface area contributed by atoms with Crippen molar-refractivity contribution in [3.63, 3.8) is 0 Å². The maximum absolute atomic E-state index is 10.6. The first-order valence-electron chi connectivity index (χ1n) is 4.63. The number of H-pyrrole nitrogens is 1. The molecule has 0 aliphatic carbocycles. The fourth-order valence-corrected chi connectivity index (χ4v) is 2.07. The van der Waals surface area contributed by atoms with Crippen LogP contribution in [0.5, 0.6) is 0 Å². The lowest BCUT2D eigenvalue weighted by molar-refractivity contribution is 0.111. The highest BCUT2D eigenvalue weighted by Gasteiger charge is 2.10. The van der Waals surface area contributed by atoms with Crippen molar-refractivity contribution in [2.24, 2.45) is 0 Å². The average Bonchev–Trinajstić information content (AvgIpc) is 2.60. The number of benzene rings is 1. The molecule has 1 heterocycles. The van der Waals surface area contributed by atoms with Crippen LogP contribution in [0.25, 0.3) is 0 Å². The van der Waals surface area contributed by atoms with Gasteiger partial charge >= 0.3 is 0 Å². The number of nitrogens with zero attached hydrogens (tertiary/aromatic N) is 1. The third-order valence-electron chi connectivity index (χ3n) is 2.18. The van der Waals surface area contributed by atoms with E-state index in [4.69, 9.17) is 11.6 Å². The Kier molecular flexibility index (Phi) is 3.41. The molecule has 0 aliphatic heterocycles. The van der Waals surface area contributed by atoms with Crippen molar-refractivity contribution in [2.75, 3.05) is 0 Å². The molecule has 0 saturated carbocycles. The van der Waals surface area contributed by atoms with Gasteiger partial charge in [0.25, 0.3) is 0 Å². The van der Waals surface area contributed by atoms with Crippen LogP contribution in [0.4, 0.5) is 0 Å². The summed E-state index contributed by atoms with van der Waals surface area (Å²) in [5.41, 5.74) is 2.10. The van der Waals surface area contributed by atoms with E-state index in [1.807, 2.05) is 24.3 Å². The Morgan fingerprint density at radius 3 is 2.94 bits per heavy atom. The summed E-state index contributed by atoms with van der Waals surface area (Å²) >= 11 is 9.38. The molecule has 0 atom stereocenters. The predicted octanol–water partition coefficient (Wildman–Crippen LogP) is 3.23. The van der Waals surface area contributed by atoms with E-state index < -0.39 is 0 Å². The van der Waals surface area contributed by atoms with Gasteiger partial charge in [-0.05, 0) is 17.7 Å². The zero-order valence-electron chi connectivity index (χ0n) is 8.21. The minimum Gasteiger partial charge on any atom is -0.296 e. The van der Waals surface area contributed by atoms with Crippen molar-refractivity contribution in [2.45, 2.75) is 6.42 Å². The topological polar surface area (TPSA) is 45.8 Å². The van der Waals surface area contributed by atoms with Crippen LogP contribution in [0.3, 0.4) is 0 Å². The van der Waals surface area contributed by atoms with Gasteiger partial charge in [0.1, 0.15) is 5.69 Å². The molecule has 0 aliphatic rings. The summed E-state index contributed by atoms with van der Waals surface area (Å²) in [5.74, 6) is 0. The fourth-order valence-electron chi connectivity index (χ4n) is 1.43. The van der Waals surface area contributed by atoms with Crippen LogP contribution in [-0.2, 0) is 6.42 Å². The maximum Gasteiger partial charge on any atom is 0.171 e. The molecule has 2 aromatic rings. The van der Waals surface area contributed by atoms with Crippen LogP contribution < -0.4 is 0 Å². The van der Waals surface area contributed by atoms with Crippen LogP contribution >= 0.6 is 27.5 Å². The minimum absolute atomic E-state index is 0.256. The highest BCUT2D eigenvalue weighted by Crippen LogP contribution is 2.21. The Morgan fingerprint density at radius 1 is 1.50 bits per heavy atom. The normalized spacial score (nSPS) is 10.4. The van der Waals surface area contributed by atoms with Gasteiger partial charge in [0.05, 0.1) is 10.7 Å². The second-order valence-corrected chi connectivity index (χ2v) is 4.62. The van der Waals surface area contributed by atoms with Crippen molar-refractivity contribution >= 4 is 33.8 Å². The molecule has 0 amide bonds. The van der Waals surface area contributed by atoms with Gasteiger partial charge in [-0.2, -0.15) is 5.10 Å². The van der Waals surface area contributed by atoms with Gasteiger partial charge in [-0.25, -0.2) is 0 Å². The second-order valence-electron chi connectivity index (χ2n) is 3.33. The highest BCUT2D eigenvalue weighted by molar-refractivity contribution is 9.10. The van der Waals surface area contributed by atoms with Crippen molar-refractivity contribution in [1.82, 2.24) is 10.2 Å². The lowest BCUT2D eigenvalue weighted by atomic mass is 10.1. The lowest BCUT2D eigenvalue weighted by Crippen LogP contribution is -1.89. The number of aromatic amines is 1. The average molecular weight is 300 g/mol. The summed E-state index contributed by atoms with van der Waals surface area (Å²) in [7, 11) is 0. The molecule has 1 aromatic heterocycles. The van der Waals surface area contributed by atoms with Gasteiger partial charge in [0.2, 0.25) is 0 Å². The third-order valence-corrected chi connectivity index (χ3v) is 3.10. The Bertz CT molecular complexity index is 524.